The van der Waals surface area contributed by atoms with Crippen LogP contribution in [-0.2, 0) is 6.54 Å². The van der Waals surface area contributed by atoms with Gasteiger partial charge in [0.2, 0.25) is 0 Å². The van der Waals surface area contributed by atoms with Gasteiger partial charge in [-0.25, -0.2) is 4.57 Å². The van der Waals surface area contributed by atoms with Crippen LogP contribution in [0.25, 0.3) is 11.1 Å². The van der Waals surface area contributed by atoms with Crippen LogP contribution < -0.4 is 4.57 Å². The SMILES string of the molecule is CBr.CN(C)CCCC[n+]1ccc(-c2ccncc2)cc1. The monoisotopic (exact) mass is 350 g/mol. The van der Waals surface area contributed by atoms with Crippen LogP contribution in [-0.4, -0.2) is 36.4 Å². The van der Waals surface area contributed by atoms with Crippen molar-refractivity contribution in [1.29, 1.82) is 0 Å². The summed E-state index contributed by atoms with van der Waals surface area (Å²) in [6.07, 6.45) is 10.4. The molecule has 0 aliphatic rings. The Morgan fingerprint density at radius 3 is 2.10 bits per heavy atom. The number of alkyl halides is 1. The lowest BCUT2D eigenvalue weighted by Gasteiger charge is -2.07. The normalized spacial score (nSPS) is 10.1. The Morgan fingerprint density at radius 1 is 0.952 bits per heavy atom. The second-order valence-electron chi connectivity index (χ2n) is 5.07. The van der Waals surface area contributed by atoms with Gasteiger partial charge in [-0.2, -0.15) is 0 Å². The van der Waals surface area contributed by atoms with Crippen molar-refractivity contribution in [2.75, 3.05) is 26.5 Å². The van der Waals surface area contributed by atoms with Gasteiger partial charge in [0.05, 0.1) is 0 Å². The summed E-state index contributed by atoms with van der Waals surface area (Å²) >= 11 is 2.94. The molecule has 0 aliphatic carbocycles. The third kappa shape index (κ3) is 6.82. The molecule has 0 bridgehead atoms. The van der Waals surface area contributed by atoms with E-state index in [1.807, 2.05) is 30.4 Å². The highest BCUT2D eigenvalue weighted by molar-refractivity contribution is 9.08. The van der Waals surface area contributed by atoms with Crippen molar-refractivity contribution in [3.63, 3.8) is 0 Å². The van der Waals surface area contributed by atoms with Gasteiger partial charge in [-0.05, 0) is 56.2 Å². The van der Waals surface area contributed by atoms with E-state index in [2.05, 4.69) is 69.0 Å². The molecule has 0 aromatic carbocycles. The minimum Gasteiger partial charge on any atom is -0.309 e. The summed E-state index contributed by atoms with van der Waals surface area (Å²) in [5.41, 5.74) is 2.46. The zero-order valence-electron chi connectivity index (χ0n) is 13.2. The molecule has 0 fully saturated rings. The van der Waals surface area contributed by atoms with E-state index in [1.165, 1.54) is 24.0 Å². The molecule has 0 atom stereocenters. The summed E-state index contributed by atoms with van der Waals surface area (Å²) in [6, 6.07) is 8.41. The van der Waals surface area contributed by atoms with E-state index in [4.69, 9.17) is 0 Å². The molecule has 21 heavy (non-hydrogen) atoms. The van der Waals surface area contributed by atoms with Crippen LogP contribution in [0.5, 0.6) is 0 Å². The Morgan fingerprint density at radius 2 is 1.52 bits per heavy atom. The van der Waals surface area contributed by atoms with Crippen molar-refractivity contribution in [1.82, 2.24) is 9.88 Å². The zero-order valence-corrected chi connectivity index (χ0v) is 14.8. The molecule has 114 valence electrons. The van der Waals surface area contributed by atoms with E-state index in [1.54, 1.807) is 0 Å². The molecule has 0 radical (unpaired) electrons. The third-order valence-corrected chi connectivity index (χ3v) is 3.18. The van der Waals surface area contributed by atoms with Crippen LogP contribution in [0, 0.1) is 0 Å². The number of nitrogens with zero attached hydrogens (tertiary/aromatic N) is 3. The van der Waals surface area contributed by atoms with Crippen LogP contribution in [0.3, 0.4) is 0 Å². The molecule has 0 aliphatic heterocycles. The first kappa shape index (κ1) is 17.8. The van der Waals surface area contributed by atoms with Gasteiger partial charge in [-0.3, -0.25) is 4.98 Å². The van der Waals surface area contributed by atoms with Gasteiger partial charge in [-0.15, -0.1) is 0 Å². The van der Waals surface area contributed by atoms with E-state index < -0.39 is 0 Å². The Hall–Kier alpha value is -1.26. The van der Waals surface area contributed by atoms with E-state index in [9.17, 15) is 0 Å². The topological polar surface area (TPSA) is 20.0 Å². The average molecular weight is 351 g/mol. The maximum atomic E-state index is 4.04. The zero-order chi connectivity index (χ0) is 15.5. The summed E-state index contributed by atoms with van der Waals surface area (Å²) in [4.78, 5) is 6.28. The predicted octanol–water partition coefficient (Wildman–Crippen LogP) is 3.39. The fraction of sp³-hybridized carbons (Fsp3) is 0.412. The molecule has 2 aromatic rings. The number of aryl methyl sites for hydroxylation is 1. The highest BCUT2D eigenvalue weighted by Gasteiger charge is 2.02. The summed E-state index contributed by atoms with van der Waals surface area (Å²) in [6.45, 7) is 2.25. The van der Waals surface area contributed by atoms with Gasteiger partial charge in [0.15, 0.2) is 12.4 Å². The van der Waals surface area contributed by atoms with Crippen LogP contribution in [0.1, 0.15) is 12.8 Å². The van der Waals surface area contributed by atoms with Gasteiger partial charge >= 0.3 is 0 Å². The second-order valence-corrected chi connectivity index (χ2v) is 5.07. The standard InChI is InChI=1S/C16H22N3.CH3Br/c1-18(2)11-3-4-12-19-13-7-16(8-14-19)15-5-9-17-10-6-15;1-2/h5-10,13-14H,3-4,11-12H2,1-2H3;1H3/q+1;. The fourth-order valence-electron chi connectivity index (χ4n) is 2.07. The molecule has 0 spiro atoms. The van der Waals surface area contributed by atoms with Crippen molar-refractivity contribution < 1.29 is 4.57 Å². The second kappa shape index (κ2) is 10.5. The highest BCUT2D eigenvalue weighted by atomic mass is 79.9. The van der Waals surface area contributed by atoms with Crippen LogP contribution in [0.4, 0.5) is 0 Å². The summed E-state index contributed by atoms with van der Waals surface area (Å²) in [5.74, 6) is 1.81. The van der Waals surface area contributed by atoms with E-state index in [0.717, 1.165) is 13.1 Å². The van der Waals surface area contributed by atoms with Gasteiger partial charge in [-0.1, -0.05) is 15.9 Å². The number of unbranched alkanes of at least 4 members (excludes halogenated alkanes) is 1. The number of rotatable bonds is 6. The molecule has 0 saturated heterocycles. The Balaban J connectivity index is 0.00000106. The van der Waals surface area contributed by atoms with Gasteiger partial charge in [0.25, 0.3) is 0 Å². The van der Waals surface area contributed by atoms with Crippen molar-refractivity contribution in [3.8, 4) is 11.1 Å². The van der Waals surface area contributed by atoms with E-state index in [-0.39, 0.29) is 0 Å². The minimum absolute atomic E-state index is 1.09. The van der Waals surface area contributed by atoms with Crippen molar-refractivity contribution in [2.45, 2.75) is 19.4 Å². The molecule has 0 saturated carbocycles. The van der Waals surface area contributed by atoms with Crippen LogP contribution >= 0.6 is 15.9 Å². The molecule has 0 amide bonds. The number of halogens is 1. The first-order valence-electron chi connectivity index (χ1n) is 7.18. The maximum absolute atomic E-state index is 4.04. The first-order valence-corrected chi connectivity index (χ1v) is 8.76. The first-order chi connectivity index (χ1) is 10.3. The van der Waals surface area contributed by atoms with Crippen LogP contribution in [0.2, 0.25) is 0 Å². The number of hydrogen-bond donors (Lipinski definition) is 0. The minimum atomic E-state index is 1.09. The molecule has 2 rings (SSSR count). The molecule has 3 nitrogen and oxygen atoms in total. The molecule has 4 heteroatoms. The summed E-state index contributed by atoms with van der Waals surface area (Å²) in [5, 5.41) is 0. The van der Waals surface area contributed by atoms with Gasteiger partial charge in [0.1, 0.15) is 6.54 Å². The Bertz CT molecular complexity index is 483. The summed E-state index contributed by atoms with van der Waals surface area (Å²) < 4.78 is 2.25. The third-order valence-electron chi connectivity index (χ3n) is 3.18. The molecular formula is C17H25BrN3+. The van der Waals surface area contributed by atoms with Crippen molar-refractivity contribution in [2.24, 2.45) is 0 Å². The predicted molar refractivity (Wildman–Crippen MR) is 92.5 cm³/mol. The lowest BCUT2D eigenvalue weighted by atomic mass is 10.1. The summed E-state index contributed by atoms with van der Waals surface area (Å²) in [7, 11) is 4.24. The van der Waals surface area contributed by atoms with Gasteiger partial charge in [0, 0.05) is 30.9 Å². The van der Waals surface area contributed by atoms with Crippen molar-refractivity contribution in [3.05, 3.63) is 49.1 Å². The number of aromatic nitrogens is 2. The fourth-order valence-corrected chi connectivity index (χ4v) is 2.07. The Labute approximate surface area is 136 Å². The molecular weight excluding hydrogens is 326 g/mol. The molecule has 0 unspecified atom stereocenters. The molecule has 2 aromatic heterocycles. The van der Waals surface area contributed by atoms with E-state index >= 15 is 0 Å². The molecule has 2 heterocycles. The van der Waals surface area contributed by atoms with Crippen molar-refractivity contribution >= 4 is 15.9 Å². The maximum Gasteiger partial charge on any atom is 0.169 e. The lowest BCUT2D eigenvalue weighted by molar-refractivity contribution is -0.697. The molecule has 0 N–H and O–H groups in total. The average Bonchev–Trinajstić information content (AvgIpc) is 2.55. The van der Waals surface area contributed by atoms with Crippen LogP contribution in [0.15, 0.2) is 49.1 Å². The highest BCUT2D eigenvalue weighted by Crippen LogP contribution is 2.15. The smallest absolute Gasteiger partial charge is 0.169 e. The van der Waals surface area contributed by atoms with E-state index in [0.29, 0.717) is 0 Å². The van der Waals surface area contributed by atoms with Gasteiger partial charge < -0.3 is 4.90 Å². The Kier molecular flexibility index (Phi) is 8.87. The number of pyridine rings is 2. The largest absolute Gasteiger partial charge is 0.309 e. The quantitative estimate of drug-likeness (QED) is 0.452. The number of hydrogen-bond acceptors (Lipinski definition) is 2. The lowest BCUT2D eigenvalue weighted by Crippen LogP contribution is -2.32.